The summed E-state index contributed by atoms with van der Waals surface area (Å²) in [7, 11) is 3.26. The standard InChI is InChI=1S/C26H19N4O/c1-29-26(31)30(2)28-25(27-29)19-13-9-16(10-14-19)22-15-20-7-3-5-17-11-12-18-6-4-8-21(22)24(18)23(17)20/h3-15H,1-2H3. The molecular weight excluding hydrogens is 384 g/mol. The molecule has 1 aliphatic rings. The van der Waals surface area contributed by atoms with Crippen molar-refractivity contribution in [1.82, 2.24) is 15.4 Å². The third-order valence-electron chi connectivity index (χ3n) is 6.01. The van der Waals surface area contributed by atoms with E-state index in [9.17, 15) is 4.79 Å². The summed E-state index contributed by atoms with van der Waals surface area (Å²) in [6.07, 6.45) is 0. The monoisotopic (exact) mass is 403 g/mol. The number of urea groups is 1. The molecular formula is C26H19N4O. The van der Waals surface area contributed by atoms with Gasteiger partial charge in [0.1, 0.15) is 0 Å². The summed E-state index contributed by atoms with van der Waals surface area (Å²) in [4.78, 5) is 11.9. The van der Waals surface area contributed by atoms with Crippen LogP contribution in [-0.2, 0) is 0 Å². The van der Waals surface area contributed by atoms with Gasteiger partial charge in [0.15, 0.2) is 5.84 Å². The van der Waals surface area contributed by atoms with Crippen LogP contribution in [0.1, 0.15) is 5.56 Å². The smallest absolute Gasteiger partial charge is 0.244 e. The van der Waals surface area contributed by atoms with Gasteiger partial charge in [-0.15, -0.1) is 10.5 Å². The fraction of sp³-hybridized carbons (Fsp3) is 0.0769. The minimum absolute atomic E-state index is 0.256. The molecule has 0 aromatic heterocycles. The molecule has 6 rings (SSSR count). The highest BCUT2D eigenvalue weighted by molar-refractivity contribution is 6.26. The molecule has 0 unspecified atom stereocenters. The van der Waals surface area contributed by atoms with Gasteiger partial charge in [0.05, 0.1) is 0 Å². The van der Waals surface area contributed by atoms with Crippen molar-refractivity contribution in [2.45, 2.75) is 0 Å². The van der Waals surface area contributed by atoms with Crippen LogP contribution in [0, 0.1) is 0 Å². The van der Waals surface area contributed by atoms with Crippen molar-refractivity contribution < 1.29 is 4.79 Å². The number of carbonyl (C=O) groups excluding carboxylic acids is 1. The lowest BCUT2D eigenvalue weighted by Gasteiger charge is -2.26. The number of benzene rings is 5. The first kappa shape index (κ1) is 17.7. The molecule has 5 heteroatoms. The molecule has 31 heavy (non-hydrogen) atoms. The largest absolute Gasteiger partial charge is 0.360 e. The number of amides is 2. The summed E-state index contributed by atoms with van der Waals surface area (Å²) in [5, 5.41) is 14.5. The minimum Gasteiger partial charge on any atom is -0.244 e. The predicted molar refractivity (Wildman–Crippen MR) is 125 cm³/mol. The second-order valence-corrected chi connectivity index (χ2v) is 7.90. The number of carbonyl (C=O) groups is 1. The summed E-state index contributed by atoms with van der Waals surface area (Å²) in [6, 6.07) is 27.6. The van der Waals surface area contributed by atoms with Crippen molar-refractivity contribution >= 4 is 44.2 Å². The molecule has 0 saturated carbocycles. The summed E-state index contributed by atoms with van der Waals surface area (Å²) >= 11 is 0. The molecule has 0 atom stereocenters. The van der Waals surface area contributed by atoms with Gasteiger partial charge in [-0.2, -0.15) is 0 Å². The summed E-state index contributed by atoms with van der Waals surface area (Å²) < 4.78 is 0. The van der Waals surface area contributed by atoms with Crippen LogP contribution in [-0.4, -0.2) is 36.0 Å². The fourth-order valence-electron chi connectivity index (χ4n) is 4.51. The molecule has 0 fully saturated rings. The second kappa shape index (κ2) is 6.44. The number of hydrogen-bond acceptors (Lipinski definition) is 2. The van der Waals surface area contributed by atoms with E-state index in [0.29, 0.717) is 5.84 Å². The molecule has 0 spiro atoms. The SMILES string of the molecule is CN1[N]C(c2ccc(-c3cc4cccc5ccc6cccc3c6c54)cc2)=NN(C)C1=O. The highest BCUT2D eigenvalue weighted by Gasteiger charge is 2.24. The van der Waals surface area contributed by atoms with E-state index in [1.807, 2.05) is 12.1 Å². The van der Waals surface area contributed by atoms with Gasteiger partial charge < -0.3 is 0 Å². The van der Waals surface area contributed by atoms with Crippen molar-refractivity contribution in [3.8, 4) is 11.1 Å². The number of nitrogens with zero attached hydrogens (tertiary/aromatic N) is 4. The van der Waals surface area contributed by atoms with E-state index >= 15 is 0 Å². The first-order chi connectivity index (χ1) is 15.1. The van der Waals surface area contributed by atoms with Gasteiger partial charge in [0, 0.05) is 19.7 Å². The van der Waals surface area contributed by atoms with Crippen molar-refractivity contribution in [3.05, 3.63) is 84.4 Å². The number of rotatable bonds is 2. The van der Waals surface area contributed by atoms with Crippen molar-refractivity contribution in [1.29, 1.82) is 0 Å². The molecule has 0 N–H and O–H groups in total. The van der Waals surface area contributed by atoms with Crippen LogP contribution in [0.4, 0.5) is 4.79 Å². The zero-order valence-corrected chi connectivity index (χ0v) is 17.2. The maximum atomic E-state index is 11.9. The van der Waals surface area contributed by atoms with Crippen LogP contribution in [0.3, 0.4) is 0 Å². The van der Waals surface area contributed by atoms with Gasteiger partial charge in [-0.25, -0.2) is 14.8 Å². The third-order valence-corrected chi connectivity index (χ3v) is 6.01. The summed E-state index contributed by atoms with van der Waals surface area (Å²) in [5.74, 6) is 0.519. The van der Waals surface area contributed by atoms with Crippen molar-refractivity contribution in [2.75, 3.05) is 14.1 Å². The first-order valence-electron chi connectivity index (χ1n) is 10.2. The van der Waals surface area contributed by atoms with Crippen LogP contribution in [0.15, 0.2) is 84.0 Å². The van der Waals surface area contributed by atoms with Crippen LogP contribution < -0.4 is 5.43 Å². The van der Waals surface area contributed by atoms with Gasteiger partial charge in [-0.1, -0.05) is 72.8 Å². The molecule has 1 heterocycles. The van der Waals surface area contributed by atoms with E-state index in [1.54, 1.807) is 14.1 Å². The second-order valence-electron chi connectivity index (χ2n) is 7.90. The van der Waals surface area contributed by atoms with Gasteiger partial charge in [0.25, 0.3) is 0 Å². The normalized spacial score (nSPS) is 14.5. The average molecular weight is 403 g/mol. The van der Waals surface area contributed by atoms with E-state index in [2.05, 4.69) is 77.3 Å². The molecule has 0 aliphatic carbocycles. The first-order valence-corrected chi connectivity index (χ1v) is 10.2. The minimum atomic E-state index is -0.256. The molecule has 149 valence electrons. The Morgan fingerprint density at radius 1 is 0.677 bits per heavy atom. The number of amidine groups is 1. The van der Waals surface area contributed by atoms with Crippen molar-refractivity contribution in [3.63, 3.8) is 0 Å². The third kappa shape index (κ3) is 2.63. The average Bonchev–Trinajstić information content (AvgIpc) is 2.80. The molecule has 5 aromatic rings. The Kier molecular flexibility index (Phi) is 3.68. The Morgan fingerprint density at radius 3 is 2.06 bits per heavy atom. The van der Waals surface area contributed by atoms with E-state index in [4.69, 9.17) is 0 Å². The highest BCUT2D eigenvalue weighted by Crippen LogP contribution is 2.40. The van der Waals surface area contributed by atoms with Crippen LogP contribution >= 0.6 is 0 Å². The lowest BCUT2D eigenvalue weighted by Crippen LogP contribution is -2.48. The fourth-order valence-corrected chi connectivity index (χ4v) is 4.51. The molecule has 5 nitrogen and oxygen atoms in total. The Morgan fingerprint density at radius 2 is 1.32 bits per heavy atom. The molecule has 2 amide bonds. The van der Waals surface area contributed by atoms with E-state index in [1.165, 1.54) is 47.9 Å². The van der Waals surface area contributed by atoms with Crippen molar-refractivity contribution in [2.24, 2.45) is 5.10 Å². The maximum Gasteiger partial charge on any atom is 0.360 e. The van der Waals surface area contributed by atoms with Crippen LogP contribution in [0.2, 0.25) is 0 Å². The molecule has 5 aromatic carbocycles. The zero-order valence-electron chi connectivity index (χ0n) is 17.2. The Balaban J connectivity index is 1.51. The predicted octanol–water partition coefficient (Wildman–Crippen LogP) is 5.43. The van der Waals surface area contributed by atoms with E-state index in [-0.39, 0.29) is 6.03 Å². The highest BCUT2D eigenvalue weighted by atomic mass is 16.2. The Labute approximate surface area is 179 Å². The molecule has 1 aliphatic heterocycles. The molecule has 1 radical (unpaired) electrons. The molecule has 0 bridgehead atoms. The van der Waals surface area contributed by atoms with E-state index < -0.39 is 0 Å². The maximum absolute atomic E-state index is 11.9. The van der Waals surface area contributed by atoms with E-state index in [0.717, 1.165) is 11.1 Å². The van der Waals surface area contributed by atoms with Gasteiger partial charge in [-0.3, -0.25) is 0 Å². The number of hydrogen-bond donors (Lipinski definition) is 0. The Hall–Kier alpha value is -4.12. The van der Waals surface area contributed by atoms with Crippen LogP contribution in [0.5, 0.6) is 0 Å². The summed E-state index contributed by atoms with van der Waals surface area (Å²) in [6.45, 7) is 0. The van der Waals surface area contributed by atoms with Gasteiger partial charge in [0.2, 0.25) is 0 Å². The molecule has 0 saturated heterocycles. The van der Waals surface area contributed by atoms with Gasteiger partial charge >= 0.3 is 6.03 Å². The lowest BCUT2D eigenvalue weighted by molar-refractivity contribution is 0.155. The Bertz CT molecular complexity index is 1500. The lowest BCUT2D eigenvalue weighted by atomic mass is 9.89. The van der Waals surface area contributed by atoms with Gasteiger partial charge in [-0.05, 0) is 49.5 Å². The number of hydrazone groups is 1. The quantitative estimate of drug-likeness (QED) is 0.363. The topological polar surface area (TPSA) is 50.0 Å². The van der Waals surface area contributed by atoms with Crippen LogP contribution in [0.25, 0.3) is 43.4 Å². The zero-order chi connectivity index (χ0) is 21.1. The summed E-state index contributed by atoms with van der Waals surface area (Å²) in [5.41, 5.74) is 7.50.